The van der Waals surface area contributed by atoms with Gasteiger partial charge in [-0.3, -0.25) is 4.79 Å². The lowest BCUT2D eigenvalue weighted by atomic mass is 10.0. The van der Waals surface area contributed by atoms with Crippen LogP contribution >= 0.6 is 0 Å². The highest BCUT2D eigenvalue weighted by molar-refractivity contribution is 5.88. The van der Waals surface area contributed by atoms with Crippen LogP contribution in [0.2, 0.25) is 0 Å². The third-order valence-electron chi connectivity index (χ3n) is 4.52. The highest BCUT2D eigenvalue weighted by Crippen LogP contribution is 2.16. The van der Waals surface area contributed by atoms with Crippen LogP contribution in [0.15, 0.2) is 66.7 Å². The minimum absolute atomic E-state index is 0.201. The second-order valence-electron chi connectivity index (χ2n) is 6.69. The standard InChI is InChI=1S/C23H23NO3/c1-16-6-5-7-17(12-16)14-21(23(26)27-2)24-22(25)15-18-10-11-19-8-3-4-9-20(19)13-18/h3-13,21H,14-15H2,1-2H3,(H,24,25)/t21-/m0/s1. The third kappa shape index (κ3) is 4.94. The van der Waals surface area contributed by atoms with Crippen LogP contribution in [0.4, 0.5) is 0 Å². The van der Waals surface area contributed by atoms with E-state index in [0.29, 0.717) is 6.42 Å². The predicted molar refractivity (Wildman–Crippen MR) is 106 cm³/mol. The molecule has 0 unspecified atom stereocenters. The van der Waals surface area contributed by atoms with Crippen LogP contribution in [0.25, 0.3) is 10.8 Å². The van der Waals surface area contributed by atoms with Crippen molar-refractivity contribution in [1.29, 1.82) is 0 Å². The minimum atomic E-state index is -0.704. The molecule has 0 saturated heterocycles. The van der Waals surface area contributed by atoms with Crippen molar-refractivity contribution in [3.8, 4) is 0 Å². The van der Waals surface area contributed by atoms with Crippen molar-refractivity contribution in [2.24, 2.45) is 0 Å². The summed E-state index contributed by atoms with van der Waals surface area (Å²) in [4.78, 5) is 24.6. The monoisotopic (exact) mass is 361 g/mol. The quantitative estimate of drug-likeness (QED) is 0.683. The predicted octanol–water partition coefficient (Wildman–Crippen LogP) is 3.59. The van der Waals surface area contributed by atoms with E-state index in [9.17, 15) is 9.59 Å². The summed E-state index contributed by atoms with van der Waals surface area (Å²) in [6.07, 6.45) is 0.615. The van der Waals surface area contributed by atoms with Gasteiger partial charge >= 0.3 is 5.97 Å². The van der Waals surface area contributed by atoms with Gasteiger partial charge in [-0.05, 0) is 28.8 Å². The molecule has 0 saturated carbocycles. The number of rotatable bonds is 6. The van der Waals surface area contributed by atoms with E-state index < -0.39 is 12.0 Å². The molecule has 0 aromatic heterocycles. The van der Waals surface area contributed by atoms with Crippen molar-refractivity contribution in [2.75, 3.05) is 7.11 Å². The van der Waals surface area contributed by atoms with Gasteiger partial charge in [-0.25, -0.2) is 4.79 Å². The fourth-order valence-electron chi connectivity index (χ4n) is 3.19. The van der Waals surface area contributed by atoms with Gasteiger partial charge in [-0.2, -0.15) is 0 Å². The second-order valence-corrected chi connectivity index (χ2v) is 6.69. The maximum Gasteiger partial charge on any atom is 0.328 e. The Morgan fingerprint density at radius 1 is 0.926 bits per heavy atom. The molecule has 0 aliphatic carbocycles. The van der Waals surface area contributed by atoms with Gasteiger partial charge in [-0.1, -0.05) is 72.3 Å². The fraction of sp³-hybridized carbons (Fsp3) is 0.217. The van der Waals surface area contributed by atoms with Gasteiger partial charge in [0.05, 0.1) is 13.5 Å². The molecule has 3 aromatic rings. The molecule has 0 fully saturated rings. The number of carbonyl (C=O) groups is 2. The Morgan fingerprint density at radius 3 is 2.44 bits per heavy atom. The molecule has 0 heterocycles. The van der Waals surface area contributed by atoms with Crippen molar-refractivity contribution >= 4 is 22.6 Å². The molecule has 27 heavy (non-hydrogen) atoms. The molecule has 4 heteroatoms. The minimum Gasteiger partial charge on any atom is -0.467 e. The highest BCUT2D eigenvalue weighted by Gasteiger charge is 2.22. The molecule has 1 atom stereocenters. The lowest BCUT2D eigenvalue weighted by Gasteiger charge is -2.17. The Hall–Kier alpha value is -3.14. The summed E-state index contributed by atoms with van der Waals surface area (Å²) in [5.74, 6) is -0.642. The number of hydrogen-bond acceptors (Lipinski definition) is 3. The molecule has 138 valence electrons. The number of fused-ring (bicyclic) bond motifs is 1. The van der Waals surface area contributed by atoms with Gasteiger partial charge in [0.25, 0.3) is 0 Å². The highest BCUT2D eigenvalue weighted by atomic mass is 16.5. The van der Waals surface area contributed by atoms with E-state index in [1.807, 2.05) is 73.7 Å². The van der Waals surface area contributed by atoms with Gasteiger partial charge in [0.2, 0.25) is 5.91 Å². The zero-order valence-corrected chi connectivity index (χ0v) is 15.6. The number of carbonyl (C=O) groups excluding carboxylic acids is 2. The number of methoxy groups -OCH3 is 1. The van der Waals surface area contributed by atoms with Crippen LogP contribution in [0.5, 0.6) is 0 Å². The first-order valence-electron chi connectivity index (χ1n) is 8.95. The summed E-state index contributed by atoms with van der Waals surface area (Å²) in [7, 11) is 1.33. The zero-order valence-electron chi connectivity index (χ0n) is 15.6. The van der Waals surface area contributed by atoms with E-state index in [-0.39, 0.29) is 12.3 Å². The first-order chi connectivity index (χ1) is 13.0. The van der Waals surface area contributed by atoms with Gasteiger partial charge in [0.1, 0.15) is 6.04 Å². The molecule has 3 aromatic carbocycles. The molecule has 0 spiro atoms. The van der Waals surface area contributed by atoms with Crippen molar-refractivity contribution in [2.45, 2.75) is 25.8 Å². The topological polar surface area (TPSA) is 55.4 Å². The molecule has 3 rings (SSSR count). The maximum absolute atomic E-state index is 12.5. The van der Waals surface area contributed by atoms with E-state index in [2.05, 4.69) is 5.32 Å². The molecular weight excluding hydrogens is 338 g/mol. The van der Waals surface area contributed by atoms with Gasteiger partial charge in [0.15, 0.2) is 0 Å². The van der Waals surface area contributed by atoms with E-state index in [0.717, 1.165) is 27.5 Å². The lowest BCUT2D eigenvalue weighted by Crippen LogP contribution is -2.43. The fourth-order valence-corrected chi connectivity index (χ4v) is 3.19. The first-order valence-corrected chi connectivity index (χ1v) is 8.95. The number of esters is 1. The normalized spacial score (nSPS) is 11.8. The summed E-state index contributed by atoms with van der Waals surface area (Å²) < 4.78 is 4.87. The van der Waals surface area contributed by atoms with Crippen LogP contribution < -0.4 is 5.32 Å². The summed E-state index contributed by atoms with van der Waals surface area (Å²) in [5.41, 5.74) is 3.00. The largest absolute Gasteiger partial charge is 0.467 e. The van der Waals surface area contributed by atoms with Gasteiger partial charge in [0, 0.05) is 6.42 Å². The first kappa shape index (κ1) is 18.6. The Labute approximate surface area is 159 Å². The summed E-state index contributed by atoms with van der Waals surface area (Å²) in [6.45, 7) is 1.99. The summed E-state index contributed by atoms with van der Waals surface area (Å²) >= 11 is 0. The van der Waals surface area contributed by atoms with E-state index >= 15 is 0 Å². The molecule has 0 radical (unpaired) electrons. The molecule has 0 bridgehead atoms. The van der Waals surface area contributed by atoms with Gasteiger partial charge in [-0.15, -0.1) is 0 Å². The molecule has 1 N–H and O–H groups in total. The number of amides is 1. The summed E-state index contributed by atoms with van der Waals surface area (Å²) in [5, 5.41) is 5.04. The Morgan fingerprint density at radius 2 is 1.70 bits per heavy atom. The smallest absolute Gasteiger partial charge is 0.328 e. The van der Waals surface area contributed by atoms with E-state index in [1.165, 1.54) is 7.11 Å². The molecule has 1 amide bonds. The van der Waals surface area contributed by atoms with Crippen LogP contribution in [0.3, 0.4) is 0 Å². The number of hydrogen-bond donors (Lipinski definition) is 1. The molecule has 0 aliphatic rings. The average molecular weight is 361 g/mol. The van der Waals surface area contributed by atoms with Crippen molar-refractivity contribution in [3.63, 3.8) is 0 Å². The number of benzene rings is 3. The van der Waals surface area contributed by atoms with E-state index in [4.69, 9.17) is 4.74 Å². The summed E-state index contributed by atoms with van der Waals surface area (Å²) in [6, 6.07) is 21.1. The Bertz CT molecular complexity index is 965. The van der Waals surface area contributed by atoms with Gasteiger partial charge < -0.3 is 10.1 Å². The van der Waals surface area contributed by atoms with Crippen LogP contribution in [-0.2, 0) is 27.2 Å². The second kappa shape index (κ2) is 8.49. The van der Waals surface area contributed by atoms with Crippen molar-refractivity contribution in [3.05, 3.63) is 83.4 Å². The SMILES string of the molecule is COC(=O)[C@H](Cc1cccc(C)c1)NC(=O)Cc1ccc2ccccc2c1. The number of ether oxygens (including phenoxy) is 1. The molecular formula is C23H23NO3. The zero-order chi connectivity index (χ0) is 19.2. The van der Waals surface area contributed by atoms with Crippen LogP contribution in [0.1, 0.15) is 16.7 Å². The van der Waals surface area contributed by atoms with Crippen LogP contribution in [0, 0.1) is 6.92 Å². The number of nitrogens with one attached hydrogen (secondary N) is 1. The van der Waals surface area contributed by atoms with Crippen molar-refractivity contribution < 1.29 is 14.3 Å². The maximum atomic E-state index is 12.5. The lowest BCUT2D eigenvalue weighted by molar-refractivity contribution is -0.145. The third-order valence-corrected chi connectivity index (χ3v) is 4.52. The molecule has 4 nitrogen and oxygen atoms in total. The Kier molecular flexibility index (Phi) is 5.87. The Balaban J connectivity index is 1.70. The molecule has 0 aliphatic heterocycles. The van der Waals surface area contributed by atoms with Crippen LogP contribution in [-0.4, -0.2) is 25.0 Å². The van der Waals surface area contributed by atoms with Crippen molar-refractivity contribution in [1.82, 2.24) is 5.32 Å². The van der Waals surface area contributed by atoms with E-state index in [1.54, 1.807) is 0 Å². The number of aryl methyl sites for hydroxylation is 1. The average Bonchev–Trinajstić information content (AvgIpc) is 2.66.